The molecular formula is C25H26N4O2S2. The van der Waals surface area contributed by atoms with Crippen molar-refractivity contribution in [2.75, 3.05) is 18.0 Å². The minimum atomic E-state index is -0.306. The number of carbonyl (C=O) groups excluding carboxylic acids is 1. The van der Waals surface area contributed by atoms with Gasteiger partial charge in [0.15, 0.2) is 0 Å². The van der Waals surface area contributed by atoms with Crippen LogP contribution < -0.4 is 10.5 Å². The Kier molecular flexibility index (Phi) is 6.73. The molecule has 2 aromatic rings. The van der Waals surface area contributed by atoms with E-state index in [1.807, 2.05) is 37.3 Å². The molecule has 0 radical (unpaired) electrons. The predicted octanol–water partition coefficient (Wildman–Crippen LogP) is 4.27. The number of carbonyl (C=O) groups is 1. The molecule has 4 rings (SSSR count). The average Bonchev–Trinajstić information content (AvgIpc) is 3.07. The molecule has 6 nitrogen and oxygen atoms in total. The van der Waals surface area contributed by atoms with Crippen LogP contribution in [0.25, 0.3) is 6.08 Å². The van der Waals surface area contributed by atoms with Crippen LogP contribution >= 0.6 is 24.0 Å². The van der Waals surface area contributed by atoms with E-state index in [1.54, 1.807) is 23.4 Å². The molecule has 0 atom stereocenters. The van der Waals surface area contributed by atoms with Gasteiger partial charge in [-0.2, -0.15) is 5.26 Å². The molecule has 2 fully saturated rings. The number of thiocarbonyl (C=S) groups is 1. The van der Waals surface area contributed by atoms with E-state index in [1.165, 1.54) is 11.8 Å². The molecule has 1 aromatic heterocycles. The topological polar surface area (TPSA) is 69.3 Å². The monoisotopic (exact) mass is 478 g/mol. The second-order valence-corrected chi connectivity index (χ2v) is 10.2. The molecule has 2 aliphatic rings. The minimum absolute atomic E-state index is 0.111. The van der Waals surface area contributed by atoms with Crippen LogP contribution in [-0.2, 0) is 18.4 Å². The van der Waals surface area contributed by atoms with Crippen molar-refractivity contribution in [3.63, 3.8) is 0 Å². The Hall–Kier alpha value is -2.89. The van der Waals surface area contributed by atoms with Crippen molar-refractivity contribution in [1.82, 2.24) is 9.47 Å². The van der Waals surface area contributed by atoms with Gasteiger partial charge in [0, 0.05) is 25.7 Å². The van der Waals surface area contributed by atoms with Crippen LogP contribution in [0.3, 0.4) is 0 Å². The summed E-state index contributed by atoms with van der Waals surface area (Å²) in [6.07, 6.45) is 5.07. The molecule has 3 heterocycles. The number of pyridine rings is 1. The van der Waals surface area contributed by atoms with Crippen LogP contribution in [-0.4, -0.2) is 32.8 Å². The van der Waals surface area contributed by atoms with Crippen LogP contribution in [0.15, 0.2) is 34.0 Å². The van der Waals surface area contributed by atoms with E-state index in [0.29, 0.717) is 21.3 Å². The van der Waals surface area contributed by atoms with E-state index in [9.17, 15) is 14.9 Å². The highest BCUT2D eigenvalue weighted by atomic mass is 32.2. The second-order valence-electron chi connectivity index (χ2n) is 8.51. The molecule has 0 saturated carbocycles. The first-order valence-corrected chi connectivity index (χ1v) is 12.2. The Bertz CT molecular complexity index is 1250. The standard InChI is InChI=1S/C25H26N4O2S2/c1-16-7-9-18(10-8-16)15-29-24(31)21(33-25(29)32)13-19-17(2)20(14-26)23(30)27(3)22(19)28-11-5-4-6-12-28/h7-10,13H,4-6,11-12,15H2,1-3H3/b21-13-. The molecule has 0 aliphatic carbocycles. The molecule has 0 spiro atoms. The van der Waals surface area contributed by atoms with Gasteiger partial charge in [0.2, 0.25) is 0 Å². The van der Waals surface area contributed by atoms with Gasteiger partial charge < -0.3 is 4.90 Å². The van der Waals surface area contributed by atoms with E-state index in [0.717, 1.165) is 54.9 Å². The summed E-state index contributed by atoms with van der Waals surface area (Å²) in [5.74, 6) is 0.613. The molecule has 0 unspecified atom stereocenters. The van der Waals surface area contributed by atoms with Crippen LogP contribution in [0, 0.1) is 25.2 Å². The number of amides is 1. The molecule has 170 valence electrons. The van der Waals surface area contributed by atoms with Gasteiger partial charge in [-0.1, -0.05) is 53.8 Å². The van der Waals surface area contributed by atoms with Gasteiger partial charge in [-0.05, 0) is 50.3 Å². The molecule has 1 aromatic carbocycles. The van der Waals surface area contributed by atoms with Crippen molar-refractivity contribution < 1.29 is 4.79 Å². The fourth-order valence-corrected chi connectivity index (χ4v) is 5.58. The average molecular weight is 479 g/mol. The Morgan fingerprint density at radius 1 is 1.12 bits per heavy atom. The lowest BCUT2D eigenvalue weighted by Gasteiger charge is -2.32. The number of piperidine rings is 1. The van der Waals surface area contributed by atoms with Gasteiger partial charge in [-0.25, -0.2) is 0 Å². The number of nitrogens with zero attached hydrogens (tertiary/aromatic N) is 4. The van der Waals surface area contributed by atoms with Crippen LogP contribution in [0.2, 0.25) is 0 Å². The van der Waals surface area contributed by atoms with Gasteiger partial charge in [0.1, 0.15) is 21.8 Å². The maximum atomic E-state index is 13.3. The molecule has 2 aliphatic heterocycles. The Labute approximate surface area is 203 Å². The SMILES string of the molecule is Cc1ccc(CN2C(=O)/C(=C/c3c(C)c(C#N)c(=O)n(C)c3N3CCCCC3)SC2=S)cc1. The number of hydrogen-bond donors (Lipinski definition) is 0. The highest BCUT2D eigenvalue weighted by Crippen LogP contribution is 2.36. The predicted molar refractivity (Wildman–Crippen MR) is 137 cm³/mol. The number of anilines is 1. The molecule has 0 N–H and O–H groups in total. The quantitative estimate of drug-likeness (QED) is 0.483. The van der Waals surface area contributed by atoms with E-state index < -0.39 is 0 Å². The number of aryl methyl sites for hydroxylation is 1. The Morgan fingerprint density at radius 2 is 1.79 bits per heavy atom. The van der Waals surface area contributed by atoms with Crippen molar-refractivity contribution in [2.45, 2.75) is 39.7 Å². The van der Waals surface area contributed by atoms with Gasteiger partial charge in [-0.3, -0.25) is 19.1 Å². The summed E-state index contributed by atoms with van der Waals surface area (Å²) in [6.45, 7) is 5.90. The minimum Gasteiger partial charge on any atom is -0.357 e. The van der Waals surface area contributed by atoms with Gasteiger partial charge in [0.25, 0.3) is 11.5 Å². The molecule has 8 heteroatoms. The van der Waals surface area contributed by atoms with Crippen molar-refractivity contribution in [3.05, 3.63) is 67.3 Å². The van der Waals surface area contributed by atoms with Crippen molar-refractivity contribution in [3.8, 4) is 6.07 Å². The van der Waals surface area contributed by atoms with Gasteiger partial charge in [0.05, 0.1) is 11.4 Å². The van der Waals surface area contributed by atoms with Crippen molar-refractivity contribution in [2.24, 2.45) is 7.05 Å². The number of thioether (sulfide) groups is 1. The first-order valence-electron chi connectivity index (χ1n) is 11.0. The third kappa shape index (κ3) is 4.48. The van der Waals surface area contributed by atoms with Crippen molar-refractivity contribution >= 4 is 46.1 Å². The summed E-state index contributed by atoms with van der Waals surface area (Å²) in [7, 11) is 1.70. The lowest BCUT2D eigenvalue weighted by Crippen LogP contribution is -2.36. The zero-order valence-corrected chi connectivity index (χ0v) is 20.7. The van der Waals surface area contributed by atoms with Crippen LogP contribution in [0.4, 0.5) is 5.82 Å². The molecule has 33 heavy (non-hydrogen) atoms. The normalized spacial score (nSPS) is 17.7. The largest absolute Gasteiger partial charge is 0.357 e. The number of aromatic nitrogens is 1. The first kappa shape index (κ1) is 23.3. The maximum Gasteiger partial charge on any atom is 0.270 e. The van der Waals surface area contributed by atoms with E-state index in [-0.39, 0.29) is 17.0 Å². The molecule has 0 bridgehead atoms. The molecule has 1 amide bonds. The second kappa shape index (κ2) is 9.54. The van der Waals surface area contributed by atoms with Crippen LogP contribution in [0.5, 0.6) is 0 Å². The fraction of sp³-hybridized carbons (Fsp3) is 0.360. The summed E-state index contributed by atoms with van der Waals surface area (Å²) in [6, 6.07) is 10.1. The smallest absolute Gasteiger partial charge is 0.270 e. The Morgan fingerprint density at radius 3 is 2.42 bits per heavy atom. The van der Waals surface area contributed by atoms with E-state index in [2.05, 4.69) is 11.0 Å². The number of benzene rings is 1. The third-order valence-electron chi connectivity index (χ3n) is 6.23. The number of nitriles is 1. The van der Waals surface area contributed by atoms with Crippen molar-refractivity contribution in [1.29, 1.82) is 5.26 Å². The molecular weight excluding hydrogens is 452 g/mol. The zero-order valence-electron chi connectivity index (χ0n) is 19.1. The lowest BCUT2D eigenvalue weighted by atomic mass is 10.0. The van der Waals surface area contributed by atoms with E-state index >= 15 is 0 Å². The highest BCUT2D eigenvalue weighted by molar-refractivity contribution is 8.26. The summed E-state index contributed by atoms with van der Waals surface area (Å²) < 4.78 is 2.06. The highest BCUT2D eigenvalue weighted by Gasteiger charge is 2.33. The summed E-state index contributed by atoms with van der Waals surface area (Å²) in [5.41, 5.74) is 3.32. The van der Waals surface area contributed by atoms with E-state index in [4.69, 9.17) is 12.2 Å². The zero-order chi connectivity index (χ0) is 23.7. The van der Waals surface area contributed by atoms with Gasteiger partial charge in [-0.15, -0.1) is 0 Å². The summed E-state index contributed by atoms with van der Waals surface area (Å²) >= 11 is 6.80. The number of rotatable bonds is 4. The Balaban J connectivity index is 1.76. The summed E-state index contributed by atoms with van der Waals surface area (Å²) in [4.78, 5) is 30.5. The first-order chi connectivity index (χ1) is 15.8. The lowest BCUT2D eigenvalue weighted by molar-refractivity contribution is -0.122. The third-order valence-corrected chi connectivity index (χ3v) is 7.61. The van der Waals surface area contributed by atoms with Crippen LogP contribution in [0.1, 0.15) is 47.1 Å². The number of hydrogen-bond acceptors (Lipinski definition) is 6. The van der Waals surface area contributed by atoms with Gasteiger partial charge >= 0.3 is 0 Å². The summed E-state index contributed by atoms with van der Waals surface area (Å²) in [5, 5.41) is 9.63. The fourth-order valence-electron chi connectivity index (χ4n) is 4.34. The molecule has 2 saturated heterocycles. The maximum absolute atomic E-state index is 13.3.